The van der Waals surface area contributed by atoms with Gasteiger partial charge in [-0.1, -0.05) is 6.07 Å². The highest BCUT2D eigenvalue weighted by Gasteiger charge is 2.06. The number of hydrogen-bond donors (Lipinski definition) is 1. The summed E-state index contributed by atoms with van der Waals surface area (Å²) in [7, 11) is 0. The van der Waals surface area contributed by atoms with Crippen molar-refractivity contribution < 1.29 is 23.8 Å². The van der Waals surface area contributed by atoms with E-state index in [4.69, 9.17) is 9.84 Å². The summed E-state index contributed by atoms with van der Waals surface area (Å²) in [6, 6.07) is 5.21. The number of carboxylic acids is 1. The molecule has 5 heteroatoms. The molecule has 0 radical (unpaired) electrons. The quantitative estimate of drug-likeness (QED) is 0.616. The molecule has 0 fully saturated rings. The summed E-state index contributed by atoms with van der Waals surface area (Å²) in [4.78, 5) is 21.3. The Morgan fingerprint density at radius 2 is 2.06 bits per heavy atom. The number of aliphatic carboxylic acids is 1. The lowest BCUT2D eigenvalue weighted by molar-refractivity contribution is -0.137. The minimum atomic E-state index is -0.960. The Morgan fingerprint density at radius 1 is 1.31 bits per heavy atom. The average Bonchev–Trinajstić information content (AvgIpc) is 2.16. The Morgan fingerprint density at radius 3 is 2.69 bits per heavy atom. The normalized spacial score (nSPS) is 9.81. The maximum atomic E-state index is 12.7. The Balaban J connectivity index is 2.37. The van der Waals surface area contributed by atoms with Crippen LogP contribution in [0.5, 0.6) is 5.75 Å². The van der Waals surface area contributed by atoms with Crippen molar-refractivity contribution in [2.45, 2.75) is 19.3 Å². The zero-order valence-electron chi connectivity index (χ0n) is 8.48. The number of benzene rings is 1. The number of hydrogen-bond acceptors (Lipinski definition) is 3. The Kier molecular flexibility index (Phi) is 4.44. The van der Waals surface area contributed by atoms with Crippen molar-refractivity contribution in [3.8, 4) is 5.75 Å². The molecule has 1 N–H and O–H groups in total. The summed E-state index contributed by atoms with van der Waals surface area (Å²) in [5.74, 6) is -1.89. The highest BCUT2D eigenvalue weighted by Crippen LogP contribution is 2.13. The molecule has 0 heterocycles. The van der Waals surface area contributed by atoms with Crippen molar-refractivity contribution in [2.24, 2.45) is 0 Å². The lowest BCUT2D eigenvalue weighted by atomic mass is 10.2. The van der Waals surface area contributed by atoms with Crippen LogP contribution in [0.2, 0.25) is 0 Å². The second-order valence-corrected chi connectivity index (χ2v) is 3.18. The SMILES string of the molecule is O=C(O)CCCC(=O)Oc1cccc(F)c1. The molecule has 0 amide bonds. The molecule has 0 saturated carbocycles. The van der Waals surface area contributed by atoms with Crippen molar-refractivity contribution in [3.05, 3.63) is 30.1 Å². The standard InChI is InChI=1S/C11H11FO4/c12-8-3-1-4-9(7-8)16-11(15)6-2-5-10(13)14/h1,3-4,7H,2,5-6H2,(H,13,14). The molecule has 1 aromatic carbocycles. The van der Waals surface area contributed by atoms with Crippen LogP contribution in [0, 0.1) is 5.82 Å². The summed E-state index contributed by atoms with van der Waals surface area (Å²) >= 11 is 0. The van der Waals surface area contributed by atoms with E-state index < -0.39 is 17.8 Å². The van der Waals surface area contributed by atoms with Gasteiger partial charge in [0.2, 0.25) is 0 Å². The summed E-state index contributed by atoms with van der Waals surface area (Å²) in [6.45, 7) is 0. The maximum absolute atomic E-state index is 12.7. The summed E-state index contributed by atoms with van der Waals surface area (Å²) in [5, 5.41) is 8.35. The third kappa shape index (κ3) is 4.54. The molecule has 1 aromatic rings. The predicted molar refractivity (Wildman–Crippen MR) is 53.5 cm³/mol. The van der Waals surface area contributed by atoms with Gasteiger partial charge in [0.25, 0.3) is 0 Å². The van der Waals surface area contributed by atoms with Crippen LogP contribution in [-0.4, -0.2) is 17.0 Å². The minimum Gasteiger partial charge on any atom is -0.481 e. The molecule has 1 rings (SSSR count). The third-order valence-electron chi connectivity index (χ3n) is 1.80. The van der Waals surface area contributed by atoms with Crippen LogP contribution in [0.15, 0.2) is 24.3 Å². The number of ether oxygens (including phenoxy) is 1. The van der Waals surface area contributed by atoms with Crippen molar-refractivity contribution in [1.29, 1.82) is 0 Å². The second kappa shape index (κ2) is 5.85. The molecule has 0 aliphatic rings. The molecule has 86 valence electrons. The van der Waals surface area contributed by atoms with Crippen molar-refractivity contribution in [3.63, 3.8) is 0 Å². The number of carbonyl (C=O) groups is 2. The monoisotopic (exact) mass is 226 g/mol. The van der Waals surface area contributed by atoms with Crippen LogP contribution in [0.3, 0.4) is 0 Å². The van der Waals surface area contributed by atoms with Gasteiger partial charge >= 0.3 is 11.9 Å². The Bertz CT molecular complexity index is 389. The lowest BCUT2D eigenvalue weighted by Gasteiger charge is -2.03. The zero-order valence-corrected chi connectivity index (χ0v) is 8.48. The van der Waals surface area contributed by atoms with Gasteiger partial charge in [-0.05, 0) is 18.6 Å². The van der Waals surface area contributed by atoms with E-state index in [9.17, 15) is 14.0 Å². The van der Waals surface area contributed by atoms with Gasteiger partial charge in [-0.15, -0.1) is 0 Å². The number of rotatable bonds is 5. The fraction of sp³-hybridized carbons (Fsp3) is 0.273. The molecule has 0 unspecified atom stereocenters. The molecule has 0 spiro atoms. The van der Waals surface area contributed by atoms with Crippen LogP contribution >= 0.6 is 0 Å². The molecule has 0 aliphatic carbocycles. The summed E-state index contributed by atoms with van der Waals surface area (Å²) in [5.41, 5.74) is 0. The summed E-state index contributed by atoms with van der Waals surface area (Å²) in [6.07, 6.45) is 0.130. The molecule has 0 aromatic heterocycles. The van der Waals surface area contributed by atoms with Crippen molar-refractivity contribution >= 4 is 11.9 Å². The first-order chi connectivity index (χ1) is 7.58. The molecule has 4 nitrogen and oxygen atoms in total. The lowest BCUT2D eigenvalue weighted by Crippen LogP contribution is -2.08. The van der Waals surface area contributed by atoms with E-state index in [1.54, 1.807) is 0 Å². The van der Waals surface area contributed by atoms with E-state index >= 15 is 0 Å². The highest BCUT2D eigenvalue weighted by atomic mass is 19.1. The van der Waals surface area contributed by atoms with Crippen LogP contribution in [0.1, 0.15) is 19.3 Å². The molecule has 0 saturated heterocycles. The topological polar surface area (TPSA) is 63.6 Å². The molecule has 16 heavy (non-hydrogen) atoms. The zero-order chi connectivity index (χ0) is 12.0. The van der Waals surface area contributed by atoms with E-state index in [-0.39, 0.29) is 25.0 Å². The Hall–Kier alpha value is -1.91. The molecule has 0 bridgehead atoms. The highest BCUT2D eigenvalue weighted by molar-refractivity contribution is 5.73. The smallest absolute Gasteiger partial charge is 0.311 e. The van der Waals surface area contributed by atoms with Gasteiger partial charge < -0.3 is 9.84 Å². The van der Waals surface area contributed by atoms with E-state index in [0.29, 0.717) is 0 Å². The van der Waals surface area contributed by atoms with Crippen molar-refractivity contribution in [2.75, 3.05) is 0 Å². The molecule has 0 aliphatic heterocycles. The number of halogens is 1. The van der Waals surface area contributed by atoms with Crippen molar-refractivity contribution in [1.82, 2.24) is 0 Å². The first-order valence-electron chi connectivity index (χ1n) is 4.76. The molecular weight excluding hydrogens is 215 g/mol. The van der Waals surface area contributed by atoms with Gasteiger partial charge in [0.1, 0.15) is 11.6 Å². The average molecular weight is 226 g/mol. The fourth-order valence-electron chi connectivity index (χ4n) is 1.10. The van der Waals surface area contributed by atoms with Gasteiger partial charge in [-0.2, -0.15) is 0 Å². The number of esters is 1. The third-order valence-corrected chi connectivity index (χ3v) is 1.80. The Labute approximate surface area is 91.7 Å². The van der Waals surface area contributed by atoms with Gasteiger partial charge in [-0.25, -0.2) is 4.39 Å². The van der Waals surface area contributed by atoms with Crippen LogP contribution in [0.4, 0.5) is 4.39 Å². The maximum Gasteiger partial charge on any atom is 0.311 e. The largest absolute Gasteiger partial charge is 0.481 e. The summed E-state index contributed by atoms with van der Waals surface area (Å²) < 4.78 is 17.5. The predicted octanol–water partition coefficient (Wildman–Crippen LogP) is 1.99. The van der Waals surface area contributed by atoms with Gasteiger partial charge in [0.15, 0.2) is 0 Å². The van der Waals surface area contributed by atoms with Gasteiger partial charge in [0, 0.05) is 18.9 Å². The molecular formula is C11H11FO4. The number of carbonyl (C=O) groups excluding carboxylic acids is 1. The van der Waals surface area contributed by atoms with Gasteiger partial charge in [-0.3, -0.25) is 9.59 Å². The minimum absolute atomic E-state index is 0.00279. The fourth-order valence-corrected chi connectivity index (χ4v) is 1.10. The van der Waals surface area contributed by atoms with E-state index in [2.05, 4.69) is 0 Å². The van der Waals surface area contributed by atoms with Crippen LogP contribution in [0.25, 0.3) is 0 Å². The van der Waals surface area contributed by atoms with Gasteiger partial charge in [0.05, 0.1) is 0 Å². The molecule has 0 atom stereocenters. The second-order valence-electron chi connectivity index (χ2n) is 3.18. The van der Waals surface area contributed by atoms with E-state index in [1.165, 1.54) is 18.2 Å². The van der Waals surface area contributed by atoms with Crippen LogP contribution in [-0.2, 0) is 9.59 Å². The van der Waals surface area contributed by atoms with E-state index in [1.807, 2.05) is 0 Å². The number of carboxylic acid groups (broad SMARTS) is 1. The van der Waals surface area contributed by atoms with Crippen LogP contribution < -0.4 is 4.74 Å². The van der Waals surface area contributed by atoms with E-state index in [0.717, 1.165) is 6.07 Å². The first kappa shape index (κ1) is 12.2. The first-order valence-corrected chi connectivity index (χ1v) is 4.76.